The third kappa shape index (κ3) is 3.95. The molecule has 0 radical (unpaired) electrons. The number of nitro groups is 1. The molecule has 0 fully saturated rings. The number of nitro benzene ring substituents is 1. The van der Waals surface area contributed by atoms with Crippen LogP contribution in [0.5, 0.6) is 0 Å². The molecule has 1 aromatic heterocycles. The Morgan fingerprint density at radius 3 is 2.80 bits per heavy atom. The van der Waals surface area contributed by atoms with Gasteiger partial charge in [-0.2, -0.15) is 0 Å². The third-order valence-electron chi connectivity index (χ3n) is 4.98. The van der Waals surface area contributed by atoms with Crippen molar-refractivity contribution in [3.63, 3.8) is 0 Å². The molecule has 1 amide bonds. The number of rotatable bonds is 4. The average molecular weight is 474 g/mol. The fourth-order valence-electron chi connectivity index (χ4n) is 3.46. The van der Waals surface area contributed by atoms with Crippen molar-refractivity contribution >= 4 is 33.2 Å². The Bertz CT molecular complexity index is 1150. The third-order valence-corrected chi connectivity index (χ3v) is 5.65. The normalized spacial score (nSPS) is 13.4. The van der Waals surface area contributed by atoms with E-state index in [1.165, 1.54) is 36.4 Å². The summed E-state index contributed by atoms with van der Waals surface area (Å²) in [5.74, 6) is 0.258. The van der Waals surface area contributed by atoms with Crippen LogP contribution in [0.3, 0.4) is 0 Å². The molecule has 1 aliphatic rings. The lowest BCUT2D eigenvalue weighted by Gasteiger charge is -2.11. The summed E-state index contributed by atoms with van der Waals surface area (Å²) in [6.07, 6.45) is 3.88. The zero-order valence-electron chi connectivity index (χ0n) is 15.8. The van der Waals surface area contributed by atoms with Crippen LogP contribution in [0.1, 0.15) is 35.4 Å². The number of hydrogen-bond donors (Lipinski definition) is 1. The number of fused-ring (bicyclic) bond motifs is 1. The maximum Gasteiger partial charge on any atom is 0.284 e. The van der Waals surface area contributed by atoms with Crippen LogP contribution in [0.4, 0.5) is 15.8 Å². The Balaban J connectivity index is 1.63. The van der Waals surface area contributed by atoms with Crippen LogP contribution in [-0.2, 0) is 13.0 Å². The first kappa shape index (κ1) is 20.1. The van der Waals surface area contributed by atoms with Crippen molar-refractivity contribution in [2.45, 2.75) is 32.2 Å². The summed E-state index contributed by atoms with van der Waals surface area (Å²) in [5.41, 5.74) is 0.504. The number of nitrogens with one attached hydrogen (secondary N) is 1. The van der Waals surface area contributed by atoms with Crippen molar-refractivity contribution in [1.29, 1.82) is 0 Å². The fraction of sp³-hybridized carbons (Fsp3) is 0.250. The van der Waals surface area contributed by atoms with Gasteiger partial charge in [0.1, 0.15) is 11.6 Å². The van der Waals surface area contributed by atoms with Gasteiger partial charge in [-0.05, 0) is 59.1 Å². The van der Waals surface area contributed by atoms with E-state index in [0.29, 0.717) is 11.5 Å². The van der Waals surface area contributed by atoms with Crippen LogP contribution >= 0.6 is 15.9 Å². The van der Waals surface area contributed by atoms with Gasteiger partial charge in [0.15, 0.2) is 5.82 Å². The number of carbonyl (C=O) groups excluding carboxylic acids is 1. The number of aryl methyl sites for hydroxylation is 1. The molecule has 0 saturated carbocycles. The Labute approximate surface area is 179 Å². The van der Waals surface area contributed by atoms with Crippen LogP contribution in [-0.4, -0.2) is 25.6 Å². The quantitative estimate of drug-likeness (QED) is 0.435. The highest BCUT2D eigenvalue weighted by atomic mass is 79.9. The van der Waals surface area contributed by atoms with Gasteiger partial charge in [-0.15, -0.1) is 10.2 Å². The highest BCUT2D eigenvalue weighted by Gasteiger charge is 2.20. The van der Waals surface area contributed by atoms with E-state index in [1.54, 1.807) is 0 Å². The van der Waals surface area contributed by atoms with Crippen molar-refractivity contribution in [3.05, 3.63) is 68.2 Å². The van der Waals surface area contributed by atoms with Gasteiger partial charge in [0.25, 0.3) is 11.6 Å². The number of benzene rings is 2. The summed E-state index contributed by atoms with van der Waals surface area (Å²) >= 11 is 3.09. The van der Waals surface area contributed by atoms with Gasteiger partial charge in [-0.3, -0.25) is 14.9 Å². The molecule has 2 aromatic carbocycles. The molecule has 154 valence electrons. The number of carbonyl (C=O) groups is 1. The highest BCUT2D eigenvalue weighted by molar-refractivity contribution is 9.10. The van der Waals surface area contributed by atoms with Crippen LogP contribution < -0.4 is 5.32 Å². The molecule has 0 unspecified atom stereocenters. The van der Waals surface area contributed by atoms with Gasteiger partial charge in [0.2, 0.25) is 0 Å². The van der Waals surface area contributed by atoms with Gasteiger partial charge in [0.05, 0.1) is 15.0 Å². The second kappa shape index (κ2) is 8.31. The molecule has 2 heterocycles. The smallest absolute Gasteiger partial charge is 0.284 e. The average Bonchev–Trinajstić information content (AvgIpc) is 2.97. The molecule has 1 N–H and O–H groups in total. The molecule has 0 spiro atoms. The molecule has 4 rings (SSSR count). The Hall–Kier alpha value is -3.14. The van der Waals surface area contributed by atoms with Crippen LogP contribution in [0.2, 0.25) is 0 Å². The standard InChI is InChI=1S/C20H17BrFN5O3/c21-15-7-5-12(10-17(15)27(29)30)20(28)23-13-6-8-16(22)14(11-13)19-25-24-18-4-2-1-3-9-26(18)19/h5-8,10-11H,1-4,9H2,(H,23,28). The summed E-state index contributed by atoms with van der Waals surface area (Å²) in [7, 11) is 0. The number of aromatic nitrogens is 3. The maximum atomic E-state index is 14.6. The van der Waals surface area contributed by atoms with Crippen molar-refractivity contribution in [2.24, 2.45) is 0 Å². The van der Waals surface area contributed by atoms with Crippen LogP contribution in [0.15, 0.2) is 40.9 Å². The van der Waals surface area contributed by atoms with E-state index in [1.807, 2.05) is 4.57 Å². The predicted molar refractivity (Wildman–Crippen MR) is 112 cm³/mol. The Kier molecular flexibility index (Phi) is 5.58. The van der Waals surface area contributed by atoms with Gasteiger partial charge < -0.3 is 9.88 Å². The lowest BCUT2D eigenvalue weighted by Crippen LogP contribution is -2.12. The van der Waals surface area contributed by atoms with E-state index in [4.69, 9.17) is 0 Å². The predicted octanol–water partition coefficient (Wildman–Crippen LogP) is 4.73. The maximum absolute atomic E-state index is 14.6. The molecular formula is C20H17BrFN5O3. The van der Waals surface area contributed by atoms with E-state index < -0.39 is 16.6 Å². The second-order valence-corrected chi connectivity index (χ2v) is 7.83. The molecule has 1 aliphatic heterocycles. The molecular weight excluding hydrogens is 457 g/mol. The largest absolute Gasteiger partial charge is 0.322 e. The van der Waals surface area contributed by atoms with Gasteiger partial charge in [-0.1, -0.05) is 6.42 Å². The minimum Gasteiger partial charge on any atom is -0.322 e. The summed E-state index contributed by atoms with van der Waals surface area (Å²) < 4.78 is 16.8. The fourth-order valence-corrected chi connectivity index (χ4v) is 3.85. The highest BCUT2D eigenvalue weighted by Crippen LogP contribution is 2.29. The number of nitrogens with zero attached hydrogens (tertiary/aromatic N) is 4. The molecule has 0 atom stereocenters. The molecule has 3 aromatic rings. The Morgan fingerprint density at radius 2 is 2.00 bits per heavy atom. The number of halogens is 2. The van der Waals surface area contributed by atoms with Crippen molar-refractivity contribution in [2.75, 3.05) is 5.32 Å². The van der Waals surface area contributed by atoms with E-state index in [9.17, 15) is 19.3 Å². The topological polar surface area (TPSA) is 103 Å². The molecule has 30 heavy (non-hydrogen) atoms. The first-order chi connectivity index (χ1) is 14.4. The van der Waals surface area contributed by atoms with Crippen molar-refractivity contribution in [3.8, 4) is 11.4 Å². The minimum atomic E-state index is -0.576. The van der Waals surface area contributed by atoms with E-state index >= 15 is 0 Å². The Morgan fingerprint density at radius 1 is 1.17 bits per heavy atom. The summed E-state index contributed by atoms with van der Waals surface area (Å²) in [6, 6.07) is 8.28. The zero-order valence-corrected chi connectivity index (χ0v) is 17.4. The first-order valence-corrected chi connectivity index (χ1v) is 10.2. The summed E-state index contributed by atoms with van der Waals surface area (Å²) in [6.45, 7) is 0.719. The molecule has 0 aliphatic carbocycles. The lowest BCUT2D eigenvalue weighted by atomic mass is 10.1. The van der Waals surface area contributed by atoms with E-state index in [-0.39, 0.29) is 21.3 Å². The summed E-state index contributed by atoms with van der Waals surface area (Å²) in [4.78, 5) is 23.1. The van der Waals surface area contributed by atoms with Crippen molar-refractivity contribution in [1.82, 2.24) is 14.8 Å². The second-order valence-electron chi connectivity index (χ2n) is 6.97. The number of hydrogen-bond acceptors (Lipinski definition) is 5. The SMILES string of the molecule is O=C(Nc1ccc(F)c(-c2nnc3n2CCCCC3)c1)c1ccc(Br)c([N+](=O)[O-])c1. The van der Waals surface area contributed by atoms with Gasteiger partial charge in [0, 0.05) is 30.3 Å². The van der Waals surface area contributed by atoms with E-state index in [0.717, 1.165) is 38.1 Å². The zero-order chi connectivity index (χ0) is 21.3. The van der Waals surface area contributed by atoms with Crippen molar-refractivity contribution < 1.29 is 14.1 Å². The monoisotopic (exact) mass is 473 g/mol. The minimum absolute atomic E-state index is 0.118. The molecule has 0 saturated heterocycles. The molecule has 8 nitrogen and oxygen atoms in total. The van der Waals surface area contributed by atoms with Gasteiger partial charge in [-0.25, -0.2) is 4.39 Å². The summed E-state index contributed by atoms with van der Waals surface area (Å²) in [5, 5.41) is 22.1. The molecule has 0 bridgehead atoms. The van der Waals surface area contributed by atoms with Crippen LogP contribution in [0, 0.1) is 15.9 Å². The number of amides is 1. The lowest BCUT2D eigenvalue weighted by molar-refractivity contribution is -0.385. The number of anilines is 1. The van der Waals surface area contributed by atoms with Crippen LogP contribution in [0.25, 0.3) is 11.4 Å². The van der Waals surface area contributed by atoms with E-state index in [2.05, 4.69) is 31.4 Å². The molecule has 10 heteroatoms. The first-order valence-electron chi connectivity index (χ1n) is 9.41. The van der Waals surface area contributed by atoms with Gasteiger partial charge >= 0.3 is 0 Å².